The predicted molar refractivity (Wildman–Crippen MR) is 120 cm³/mol. The van der Waals surface area contributed by atoms with Gasteiger partial charge in [0, 0.05) is 0 Å². The Morgan fingerprint density at radius 2 is 0.923 bits per heavy atom. The molecule has 26 heavy (non-hydrogen) atoms. The molecule has 0 saturated carbocycles. The average Bonchev–Trinajstić information content (AvgIpc) is 2.98. The third kappa shape index (κ3) is 3.45. The van der Waals surface area contributed by atoms with Gasteiger partial charge in [-0.1, -0.05) is 0 Å². The van der Waals surface area contributed by atoms with Crippen LogP contribution in [0.2, 0.25) is 9.26 Å². The van der Waals surface area contributed by atoms with E-state index < -0.39 is 17.4 Å². The van der Waals surface area contributed by atoms with Crippen molar-refractivity contribution in [2.45, 2.75) is 9.26 Å². The van der Waals surface area contributed by atoms with Gasteiger partial charge in [0.15, 0.2) is 0 Å². The van der Waals surface area contributed by atoms with Crippen LogP contribution in [-0.4, -0.2) is 6.88 Å². The zero-order valence-corrected chi connectivity index (χ0v) is 20.6. The minimum atomic E-state index is -3.28. The molecule has 0 amide bonds. The van der Waals surface area contributed by atoms with Crippen LogP contribution in [0.4, 0.5) is 0 Å². The van der Waals surface area contributed by atoms with Crippen molar-refractivity contribution in [1.82, 2.24) is 0 Å². The Bertz CT molecular complexity index is 972. The molecule has 0 heterocycles. The third-order valence-electron chi connectivity index (χ3n) is 5.31. The molecule has 0 unspecified atom stereocenters. The topological polar surface area (TPSA) is 0 Å². The van der Waals surface area contributed by atoms with Gasteiger partial charge in [-0.2, -0.15) is 0 Å². The van der Waals surface area contributed by atoms with E-state index in [1.165, 1.54) is 22.3 Å². The maximum atomic E-state index is 2.57. The second kappa shape index (κ2) is 7.60. The molecule has 4 rings (SSSR count). The summed E-state index contributed by atoms with van der Waals surface area (Å²) in [6.45, 7) is 2.30. The van der Waals surface area contributed by atoms with Gasteiger partial charge >= 0.3 is 147 Å². The van der Waals surface area contributed by atoms with Crippen LogP contribution < -0.4 is 6.54 Å². The van der Waals surface area contributed by atoms with Crippen molar-refractivity contribution in [3.63, 3.8) is 0 Å². The molecule has 4 aliphatic rings. The summed E-state index contributed by atoms with van der Waals surface area (Å²) >= 11 is -3.28. The van der Waals surface area contributed by atoms with Gasteiger partial charge in [-0.15, -0.1) is 24.8 Å². The standard InChI is InChI=1S/2C10H7.2CH3.2ClH.H2Si.Zr/c2*1-2-5-9-7-4-8-10(9)6-3-1;;;;;;/h2*1-7H;2*1H3;2*1H;1H2;. The number of halogens is 2. The van der Waals surface area contributed by atoms with Crippen LogP contribution in [0, 0.1) is 0 Å². The number of hydrogen-bond acceptors (Lipinski definition) is 0. The molecule has 4 heteroatoms. The summed E-state index contributed by atoms with van der Waals surface area (Å²) in [6.07, 6.45) is 0. The summed E-state index contributed by atoms with van der Waals surface area (Å²) in [5.74, 6) is 0. The molecule has 0 aromatic carbocycles. The fraction of sp³-hybridized carbons (Fsp3) is 0.0909. The molecule has 134 valence electrons. The van der Waals surface area contributed by atoms with Gasteiger partial charge in [0.2, 0.25) is 0 Å². The van der Waals surface area contributed by atoms with Crippen LogP contribution in [0.3, 0.4) is 0 Å². The van der Waals surface area contributed by atoms with Gasteiger partial charge in [0.05, 0.1) is 0 Å². The Morgan fingerprint density at radius 3 is 1.35 bits per heavy atom. The van der Waals surface area contributed by atoms with Crippen LogP contribution in [0.1, 0.15) is 0 Å². The molecule has 0 spiro atoms. The van der Waals surface area contributed by atoms with E-state index in [1.807, 2.05) is 0 Å². The van der Waals surface area contributed by atoms with Gasteiger partial charge < -0.3 is 0 Å². The first-order valence-electron chi connectivity index (χ1n) is 8.50. The van der Waals surface area contributed by atoms with Crippen molar-refractivity contribution in [1.29, 1.82) is 0 Å². The first-order valence-corrected chi connectivity index (χ1v) is 21.8. The SMILES string of the molecule is Cl.Cl.[CH3][Zr]([CH3])(=[SiH2])([c]1ccc2cccccc1-2)[c]1ccc2cccccc1-2. The van der Waals surface area contributed by atoms with Crippen molar-refractivity contribution in [2.75, 3.05) is 0 Å². The fourth-order valence-corrected chi connectivity index (χ4v) is 16.7. The van der Waals surface area contributed by atoms with E-state index in [-0.39, 0.29) is 24.8 Å². The molecule has 0 aliphatic heterocycles. The molecule has 0 N–H and O–H groups in total. The molecule has 0 fully saturated rings. The molecule has 0 aromatic rings. The molecule has 0 bridgehead atoms. The molecular weight excluding hydrogens is 454 g/mol. The molecule has 0 nitrogen and oxygen atoms in total. The first kappa shape index (κ1) is 21.4. The molecule has 0 saturated heterocycles. The van der Waals surface area contributed by atoms with E-state index in [1.54, 1.807) is 6.54 Å². The van der Waals surface area contributed by atoms with Crippen LogP contribution >= 0.6 is 24.8 Å². The van der Waals surface area contributed by atoms with E-state index in [0.29, 0.717) is 0 Å². The van der Waals surface area contributed by atoms with Crippen LogP contribution in [0.15, 0.2) is 84.9 Å². The summed E-state index contributed by atoms with van der Waals surface area (Å²) in [4.78, 5) is 0. The van der Waals surface area contributed by atoms with Gasteiger partial charge in [-0.05, 0) is 0 Å². The zero-order chi connectivity index (χ0) is 16.8. The summed E-state index contributed by atoms with van der Waals surface area (Å²) in [7, 11) is 0. The van der Waals surface area contributed by atoms with Crippen molar-refractivity contribution >= 4 is 38.2 Å². The Kier molecular flexibility index (Phi) is 6.25. The Hall–Kier alpha value is -0.920. The summed E-state index contributed by atoms with van der Waals surface area (Å²) in [6, 6.07) is 31.3. The number of fused-ring (bicyclic) bond motifs is 2. The Labute approximate surface area is 171 Å². The summed E-state index contributed by atoms with van der Waals surface area (Å²) in [5.41, 5.74) is 5.57. The summed E-state index contributed by atoms with van der Waals surface area (Å²) in [5, 5.41) is 0. The van der Waals surface area contributed by atoms with E-state index in [9.17, 15) is 0 Å². The van der Waals surface area contributed by atoms with Gasteiger partial charge in [0.25, 0.3) is 0 Å². The van der Waals surface area contributed by atoms with Crippen molar-refractivity contribution in [3.05, 3.63) is 84.9 Å². The number of hydrogen-bond donors (Lipinski definition) is 0. The molecule has 4 aliphatic carbocycles. The van der Waals surface area contributed by atoms with Crippen molar-refractivity contribution in [3.8, 4) is 22.3 Å². The van der Waals surface area contributed by atoms with Crippen LogP contribution in [0.5, 0.6) is 0 Å². The quantitative estimate of drug-likeness (QED) is 0.355. The third-order valence-corrected chi connectivity index (χ3v) is 20.5. The van der Waals surface area contributed by atoms with Gasteiger partial charge in [-0.25, -0.2) is 0 Å². The maximum absolute atomic E-state index is 3.28. The Morgan fingerprint density at radius 1 is 0.538 bits per heavy atom. The predicted octanol–water partition coefficient (Wildman–Crippen LogP) is 5.02. The molecule has 0 atom stereocenters. The molecular formula is C22H24Cl2SiZr. The van der Waals surface area contributed by atoms with Crippen LogP contribution in [0.25, 0.3) is 22.3 Å². The number of rotatable bonds is 2. The second-order valence-corrected chi connectivity index (χ2v) is 36.1. The van der Waals surface area contributed by atoms with E-state index >= 15 is 0 Å². The van der Waals surface area contributed by atoms with Gasteiger partial charge in [-0.3, -0.25) is 0 Å². The Balaban J connectivity index is 0.00000121. The van der Waals surface area contributed by atoms with E-state index in [0.717, 1.165) is 0 Å². The van der Waals surface area contributed by atoms with E-state index in [4.69, 9.17) is 0 Å². The van der Waals surface area contributed by atoms with Crippen molar-refractivity contribution < 1.29 is 17.4 Å². The average molecular weight is 479 g/mol. The first-order chi connectivity index (χ1) is 11.5. The zero-order valence-electron chi connectivity index (χ0n) is 15.1. The monoisotopic (exact) mass is 476 g/mol. The van der Waals surface area contributed by atoms with Gasteiger partial charge in [0.1, 0.15) is 0 Å². The molecule has 0 radical (unpaired) electrons. The van der Waals surface area contributed by atoms with Crippen molar-refractivity contribution in [2.24, 2.45) is 0 Å². The fourth-order valence-electron chi connectivity index (χ4n) is 3.97. The van der Waals surface area contributed by atoms with E-state index in [2.05, 4.69) is 101 Å². The summed E-state index contributed by atoms with van der Waals surface area (Å²) < 4.78 is 8.34. The van der Waals surface area contributed by atoms with Crippen LogP contribution in [-0.2, 0) is 17.4 Å². The minimum absolute atomic E-state index is 0. The molecule has 0 aromatic heterocycles. The normalized spacial score (nSPS) is 11.7. The second-order valence-electron chi connectivity index (χ2n) is 7.74.